The average molecular weight is 907 g/mol. The maximum absolute atomic E-state index is 4.84. The molecular weight excluding hydrogens is 857 g/mol. The van der Waals surface area contributed by atoms with Crippen molar-refractivity contribution in [3.8, 4) is 55.9 Å². The zero-order valence-electron chi connectivity index (χ0n) is 33.0. The monoisotopic (exact) mass is 907 g/mol. The summed E-state index contributed by atoms with van der Waals surface area (Å²) in [6.45, 7) is 8.75. The van der Waals surface area contributed by atoms with Gasteiger partial charge in [-0.25, -0.2) is 0 Å². The van der Waals surface area contributed by atoms with Crippen LogP contribution < -0.4 is 0 Å². The molecule has 1 aliphatic carbocycles. The summed E-state index contributed by atoms with van der Waals surface area (Å²) in [4.78, 5) is 9.52. The van der Waals surface area contributed by atoms with Crippen LogP contribution in [0.15, 0.2) is 134 Å². The first kappa shape index (κ1) is 39.3. The Hall–Kier alpha value is -4.95. The molecule has 0 N–H and O–H groups in total. The molecule has 3 heteroatoms. The fourth-order valence-corrected chi connectivity index (χ4v) is 8.22. The van der Waals surface area contributed by atoms with Crippen molar-refractivity contribution in [1.82, 2.24) is 9.97 Å². The van der Waals surface area contributed by atoms with E-state index >= 15 is 0 Å². The number of pyridine rings is 2. The maximum atomic E-state index is 4.84. The molecule has 0 bridgehead atoms. The zero-order valence-corrected chi connectivity index (χ0v) is 35.4. The van der Waals surface area contributed by atoms with E-state index in [1.807, 2.05) is 12.4 Å². The van der Waals surface area contributed by atoms with E-state index < -0.39 is 0 Å². The Labute approximate surface area is 347 Å². The second kappa shape index (κ2) is 17.9. The first-order valence-electron chi connectivity index (χ1n) is 20.1. The van der Waals surface area contributed by atoms with Crippen LogP contribution in [0, 0.1) is 26.0 Å². The Morgan fingerprint density at radius 2 is 1.27 bits per heavy atom. The molecule has 56 heavy (non-hydrogen) atoms. The summed E-state index contributed by atoms with van der Waals surface area (Å²) in [7, 11) is 0. The molecule has 0 amide bonds. The molecule has 1 saturated carbocycles. The molecule has 1 fully saturated rings. The number of benzene rings is 5. The number of aromatic nitrogens is 2. The van der Waals surface area contributed by atoms with Crippen LogP contribution in [0.5, 0.6) is 0 Å². The molecule has 5 aromatic carbocycles. The first-order chi connectivity index (χ1) is 26.9. The third kappa shape index (κ3) is 9.02. The Balaban J connectivity index is 0.00000480. The minimum atomic E-state index is 0. The Kier molecular flexibility index (Phi) is 12.5. The Morgan fingerprint density at radius 3 is 1.95 bits per heavy atom. The van der Waals surface area contributed by atoms with Gasteiger partial charge in [-0.3, -0.25) is 0 Å². The van der Waals surface area contributed by atoms with Gasteiger partial charge in [0, 0.05) is 32.5 Å². The van der Waals surface area contributed by atoms with Gasteiger partial charge in [0.25, 0.3) is 0 Å². The molecular formula is C53H50IrN2-2. The van der Waals surface area contributed by atoms with Gasteiger partial charge in [-0.1, -0.05) is 141 Å². The third-order valence-electron chi connectivity index (χ3n) is 11.5. The Bertz CT molecular complexity index is 2370. The molecule has 1 aliphatic rings. The smallest absolute Gasteiger partial charge is 0.0196 e. The van der Waals surface area contributed by atoms with Gasteiger partial charge in [-0.05, 0) is 101 Å². The summed E-state index contributed by atoms with van der Waals surface area (Å²) in [5.41, 5.74) is 19.1. The van der Waals surface area contributed by atoms with Gasteiger partial charge in [0.1, 0.15) is 0 Å². The van der Waals surface area contributed by atoms with Crippen molar-refractivity contribution in [3.05, 3.63) is 179 Å². The van der Waals surface area contributed by atoms with E-state index in [9.17, 15) is 0 Å². The molecule has 8 rings (SSSR count). The van der Waals surface area contributed by atoms with E-state index in [0.29, 0.717) is 11.8 Å². The number of nitrogens with zero attached hydrogens (tertiary/aromatic N) is 2. The van der Waals surface area contributed by atoms with E-state index in [0.717, 1.165) is 40.9 Å². The first-order valence-corrected chi connectivity index (χ1v) is 20.1. The number of hydrogen-bond acceptors (Lipinski definition) is 2. The van der Waals surface area contributed by atoms with Crippen molar-refractivity contribution in [2.75, 3.05) is 0 Å². The van der Waals surface area contributed by atoms with Gasteiger partial charge in [0.05, 0.1) is 0 Å². The van der Waals surface area contributed by atoms with Crippen molar-refractivity contribution in [3.63, 3.8) is 0 Å². The van der Waals surface area contributed by atoms with Gasteiger partial charge >= 0.3 is 0 Å². The van der Waals surface area contributed by atoms with Gasteiger partial charge in [-0.15, -0.1) is 65.2 Å². The number of aryl methyl sites for hydroxylation is 4. The fraction of sp³-hybridized carbons (Fsp3) is 0.245. The number of rotatable bonds is 10. The predicted molar refractivity (Wildman–Crippen MR) is 230 cm³/mol. The zero-order chi connectivity index (χ0) is 37.7. The van der Waals surface area contributed by atoms with E-state index in [2.05, 4.69) is 166 Å². The van der Waals surface area contributed by atoms with E-state index in [1.54, 1.807) is 0 Å². The average Bonchev–Trinajstić information content (AvgIpc) is 3.23. The molecule has 2 heterocycles. The molecule has 0 atom stereocenters. The van der Waals surface area contributed by atoms with Crippen molar-refractivity contribution < 1.29 is 20.1 Å². The fourth-order valence-electron chi connectivity index (χ4n) is 8.22. The molecule has 0 spiro atoms. The van der Waals surface area contributed by atoms with Crippen molar-refractivity contribution >= 4 is 0 Å². The molecule has 2 nitrogen and oxygen atoms in total. The minimum Gasteiger partial charge on any atom is -0.304 e. The predicted octanol–water partition coefficient (Wildman–Crippen LogP) is 14.0. The molecule has 283 valence electrons. The minimum absolute atomic E-state index is 0. The Morgan fingerprint density at radius 1 is 0.589 bits per heavy atom. The second-order valence-corrected chi connectivity index (χ2v) is 15.8. The summed E-state index contributed by atoms with van der Waals surface area (Å²) in [6.07, 6.45) is 12.7. The molecule has 1 radical (unpaired) electrons. The largest absolute Gasteiger partial charge is 0.304 e. The van der Waals surface area contributed by atoms with Crippen LogP contribution in [-0.2, 0) is 32.9 Å². The van der Waals surface area contributed by atoms with E-state index in [4.69, 9.17) is 4.98 Å². The van der Waals surface area contributed by atoms with E-state index in [-0.39, 0.29) is 20.1 Å². The van der Waals surface area contributed by atoms with Gasteiger partial charge in [0.15, 0.2) is 0 Å². The van der Waals surface area contributed by atoms with E-state index in [1.165, 1.54) is 93.3 Å². The number of hydrogen-bond donors (Lipinski definition) is 0. The van der Waals surface area contributed by atoms with Crippen LogP contribution >= 0.6 is 0 Å². The third-order valence-corrected chi connectivity index (χ3v) is 11.5. The van der Waals surface area contributed by atoms with Crippen LogP contribution in [0.1, 0.15) is 91.2 Å². The topological polar surface area (TPSA) is 25.8 Å². The van der Waals surface area contributed by atoms with Crippen LogP contribution in [0.2, 0.25) is 0 Å². The molecule has 0 aliphatic heterocycles. The quantitative estimate of drug-likeness (QED) is 0.128. The summed E-state index contributed by atoms with van der Waals surface area (Å²) in [5.74, 6) is 1.19. The van der Waals surface area contributed by atoms with Crippen molar-refractivity contribution in [2.45, 2.75) is 84.5 Å². The summed E-state index contributed by atoms with van der Waals surface area (Å²) in [6, 6.07) is 51.6. The van der Waals surface area contributed by atoms with Crippen LogP contribution in [0.25, 0.3) is 55.9 Å². The van der Waals surface area contributed by atoms with Gasteiger partial charge in [0.2, 0.25) is 0 Å². The molecule has 7 aromatic rings. The van der Waals surface area contributed by atoms with Gasteiger partial charge < -0.3 is 9.97 Å². The SMILES string of the molecule is Cc1cc(CCc2c[c-]c(-c3ccc(C(C)C)cn3)cc2)cc(-c2ccccc2-c2c[c-]c(-c3cc(-c4ccc(C5CCCCC5)cc4)c(C)cn3)cc2)c1.[Ir]. The summed E-state index contributed by atoms with van der Waals surface area (Å²) >= 11 is 0. The van der Waals surface area contributed by atoms with Crippen molar-refractivity contribution in [2.24, 2.45) is 0 Å². The van der Waals surface area contributed by atoms with Crippen LogP contribution in [0.4, 0.5) is 0 Å². The summed E-state index contributed by atoms with van der Waals surface area (Å²) < 4.78 is 0. The second-order valence-electron chi connectivity index (χ2n) is 15.8. The van der Waals surface area contributed by atoms with Crippen molar-refractivity contribution in [1.29, 1.82) is 0 Å². The van der Waals surface area contributed by atoms with Gasteiger partial charge in [-0.2, -0.15) is 0 Å². The maximum Gasteiger partial charge on any atom is 0.0196 e. The molecule has 2 aromatic heterocycles. The molecule has 0 unspecified atom stereocenters. The normalized spacial score (nSPS) is 13.1. The standard InChI is InChI=1S/C53H50N2.Ir/c1-36(2)47-28-29-52(55-35-47)45-18-16-39(17-19-45)14-15-40-30-37(3)31-48(32-40)50-13-9-8-12-49(50)43-24-26-46(27-25-43)53-33-51(38(4)34-54-53)44-22-20-42(21-23-44)41-10-6-5-7-11-41;/h8-9,12-13,16-18,20-26,28-36,41H,5-7,10-11,14-15H2,1-4H3;/q-2;. The van der Waals surface area contributed by atoms with Crippen LogP contribution in [-0.4, -0.2) is 9.97 Å². The summed E-state index contributed by atoms with van der Waals surface area (Å²) in [5, 5.41) is 0. The molecule has 0 saturated heterocycles. The van der Waals surface area contributed by atoms with Crippen LogP contribution in [0.3, 0.4) is 0 Å².